The fourth-order valence-corrected chi connectivity index (χ4v) is 2.33. The van der Waals surface area contributed by atoms with Gasteiger partial charge in [0, 0.05) is 6.42 Å². The first-order chi connectivity index (χ1) is 9.60. The minimum absolute atomic E-state index is 0.211. The van der Waals surface area contributed by atoms with Crippen LogP contribution in [0.2, 0.25) is 5.02 Å². The van der Waals surface area contributed by atoms with Crippen LogP contribution in [0.5, 0.6) is 5.75 Å². The van der Waals surface area contributed by atoms with E-state index in [1.54, 1.807) is 14.0 Å². The highest BCUT2D eigenvalue weighted by molar-refractivity contribution is 6.32. The number of carbonyl (C=O) groups is 1. The maximum absolute atomic E-state index is 11.1. The molecule has 0 amide bonds. The van der Waals surface area contributed by atoms with Gasteiger partial charge in [-0.05, 0) is 42.2 Å². The molecule has 0 aliphatic rings. The van der Waals surface area contributed by atoms with Crippen molar-refractivity contribution < 1.29 is 9.53 Å². The average Bonchev–Trinajstić information content (AvgIpc) is 2.45. The van der Waals surface area contributed by atoms with Gasteiger partial charge >= 0.3 is 0 Å². The molecule has 3 heteroatoms. The molecule has 0 N–H and O–H groups in total. The first-order valence-electron chi connectivity index (χ1n) is 6.52. The summed E-state index contributed by atoms with van der Waals surface area (Å²) < 4.78 is 5.16. The van der Waals surface area contributed by atoms with E-state index in [1.165, 1.54) is 0 Å². The van der Waals surface area contributed by atoms with Gasteiger partial charge in [0.2, 0.25) is 0 Å². The Morgan fingerprint density at radius 1 is 1.15 bits per heavy atom. The molecule has 0 spiro atoms. The Balaban J connectivity index is 2.26. The van der Waals surface area contributed by atoms with E-state index >= 15 is 0 Å². The van der Waals surface area contributed by atoms with Crippen molar-refractivity contribution in [2.24, 2.45) is 0 Å². The lowest BCUT2D eigenvalue weighted by atomic mass is 10.0. The largest absolute Gasteiger partial charge is 0.495 e. The molecule has 2 aromatic carbocycles. The fraction of sp³-hybridized carbons (Fsp3) is 0.235. The van der Waals surface area contributed by atoms with Crippen LogP contribution in [0.15, 0.2) is 42.5 Å². The number of halogens is 1. The van der Waals surface area contributed by atoms with Crippen LogP contribution in [0.4, 0.5) is 0 Å². The summed E-state index contributed by atoms with van der Waals surface area (Å²) >= 11 is 6.15. The molecule has 2 rings (SSSR count). The SMILES string of the molecule is COc1ccc(-c2cccc(CCC(C)=O)c2)cc1Cl. The van der Waals surface area contributed by atoms with Gasteiger partial charge in [-0.3, -0.25) is 0 Å². The third-order valence-electron chi connectivity index (χ3n) is 3.18. The van der Waals surface area contributed by atoms with Crippen molar-refractivity contribution in [3.05, 3.63) is 53.1 Å². The number of hydrogen-bond donors (Lipinski definition) is 0. The van der Waals surface area contributed by atoms with Crippen LogP contribution < -0.4 is 4.74 Å². The number of ether oxygens (including phenoxy) is 1. The van der Waals surface area contributed by atoms with Gasteiger partial charge in [-0.25, -0.2) is 0 Å². The van der Waals surface area contributed by atoms with E-state index < -0.39 is 0 Å². The van der Waals surface area contributed by atoms with Crippen LogP contribution in [0.1, 0.15) is 18.9 Å². The van der Waals surface area contributed by atoms with E-state index in [-0.39, 0.29) is 5.78 Å². The van der Waals surface area contributed by atoms with Crippen LogP contribution >= 0.6 is 11.6 Å². The third kappa shape index (κ3) is 3.61. The number of aryl methyl sites for hydroxylation is 1. The number of methoxy groups -OCH3 is 1. The van der Waals surface area contributed by atoms with Crippen molar-refractivity contribution in [2.75, 3.05) is 7.11 Å². The Morgan fingerprint density at radius 2 is 1.90 bits per heavy atom. The summed E-state index contributed by atoms with van der Waals surface area (Å²) in [7, 11) is 1.60. The summed E-state index contributed by atoms with van der Waals surface area (Å²) in [6.07, 6.45) is 1.35. The Labute approximate surface area is 124 Å². The molecule has 0 unspecified atom stereocenters. The van der Waals surface area contributed by atoms with E-state index in [2.05, 4.69) is 6.07 Å². The van der Waals surface area contributed by atoms with Crippen molar-refractivity contribution in [1.82, 2.24) is 0 Å². The standard InChI is InChI=1S/C17H17ClO2/c1-12(19)6-7-13-4-3-5-14(10-13)15-8-9-17(20-2)16(18)11-15/h3-5,8-11H,6-7H2,1-2H3. The topological polar surface area (TPSA) is 26.3 Å². The maximum Gasteiger partial charge on any atom is 0.137 e. The highest BCUT2D eigenvalue weighted by Crippen LogP contribution is 2.30. The third-order valence-corrected chi connectivity index (χ3v) is 3.47. The molecular formula is C17H17ClO2. The fourth-order valence-electron chi connectivity index (χ4n) is 2.07. The molecule has 0 aliphatic carbocycles. The maximum atomic E-state index is 11.1. The van der Waals surface area contributed by atoms with Crippen LogP contribution in [-0.4, -0.2) is 12.9 Å². The highest BCUT2D eigenvalue weighted by atomic mass is 35.5. The molecular weight excluding hydrogens is 272 g/mol. The van der Waals surface area contributed by atoms with Crippen LogP contribution in [0.25, 0.3) is 11.1 Å². The van der Waals surface area contributed by atoms with Gasteiger partial charge in [0.25, 0.3) is 0 Å². The number of ketones is 1. The molecule has 0 aliphatic heterocycles. The lowest BCUT2D eigenvalue weighted by Gasteiger charge is -2.08. The van der Waals surface area contributed by atoms with E-state index in [4.69, 9.17) is 16.3 Å². The predicted molar refractivity (Wildman–Crippen MR) is 82.4 cm³/mol. The molecule has 0 heterocycles. The molecule has 0 atom stereocenters. The summed E-state index contributed by atoms with van der Waals surface area (Å²) in [5.41, 5.74) is 3.29. The number of carbonyl (C=O) groups excluding carboxylic acids is 1. The Hall–Kier alpha value is -1.80. The van der Waals surface area contributed by atoms with Gasteiger partial charge in [0.1, 0.15) is 11.5 Å². The molecule has 104 valence electrons. The molecule has 2 nitrogen and oxygen atoms in total. The smallest absolute Gasteiger partial charge is 0.137 e. The Morgan fingerprint density at radius 3 is 2.55 bits per heavy atom. The van der Waals surface area contributed by atoms with Gasteiger partial charge < -0.3 is 9.53 Å². The summed E-state index contributed by atoms with van der Waals surface area (Å²) in [6, 6.07) is 13.9. The van der Waals surface area contributed by atoms with Gasteiger partial charge in [-0.2, -0.15) is 0 Å². The normalized spacial score (nSPS) is 10.3. The molecule has 0 saturated carbocycles. The van der Waals surface area contributed by atoms with Crippen LogP contribution in [0.3, 0.4) is 0 Å². The summed E-state index contributed by atoms with van der Waals surface area (Å²) in [5, 5.41) is 0.596. The number of benzene rings is 2. The zero-order chi connectivity index (χ0) is 14.5. The van der Waals surface area contributed by atoms with Gasteiger partial charge in [0.05, 0.1) is 12.1 Å². The zero-order valence-corrected chi connectivity index (χ0v) is 12.4. The van der Waals surface area contributed by atoms with E-state index in [0.29, 0.717) is 17.2 Å². The zero-order valence-electron chi connectivity index (χ0n) is 11.7. The molecule has 0 radical (unpaired) electrons. The van der Waals surface area contributed by atoms with Crippen LogP contribution in [0, 0.1) is 0 Å². The second-order valence-electron chi connectivity index (χ2n) is 4.75. The second kappa shape index (κ2) is 6.58. The predicted octanol–water partition coefficient (Wildman–Crippen LogP) is 4.54. The minimum Gasteiger partial charge on any atom is -0.495 e. The minimum atomic E-state index is 0.211. The van der Waals surface area contributed by atoms with Crippen molar-refractivity contribution in [1.29, 1.82) is 0 Å². The molecule has 0 fully saturated rings. The van der Waals surface area contributed by atoms with Gasteiger partial charge in [-0.15, -0.1) is 0 Å². The molecule has 2 aromatic rings. The quantitative estimate of drug-likeness (QED) is 0.807. The highest BCUT2D eigenvalue weighted by Gasteiger charge is 2.05. The number of rotatable bonds is 5. The van der Waals surface area contributed by atoms with Crippen molar-refractivity contribution in [2.45, 2.75) is 19.8 Å². The van der Waals surface area contributed by atoms with E-state index in [0.717, 1.165) is 23.1 Å². The van der Waals surface area contributed by atoms with Crippen LogP contribution in [-0.2, 0) is 11.2 Å². The summed E-state index contributed by atoms with van der Waals surface area (Å²) in [4.78, 5) is 11.1. The lowest BCUT2D eigenvalue weighted by Crippen LogP contribution is -1.94. The number of hydrogen-bond acceptors (Lipinski definition) is 2. The number of Topliss-reactive ketones (excluding diaryl/α,β-unsaturated/α-hetero) is 1. The van der Waals surface area contributed by atoms with Crippen molar-refractivity contribution >= 4 is 17.4 Å². The first-order valence-corrected chi connectivity index (χ1v) is 6.90. The summed E-state index contributed by atoms with van der Waals surface area (Å²) in [5.74, 6) is 0.881. The second-order valence-corrected chi connectivity index (χ2v) is 5.16. The van der Waals surface area contributed by atoms with E-state index in [1.807, 2.05) is 36.4 Å². The van der Waals surface area contributed by atoms with Crippen molar-refractivity contribution in [3.8, 4) is 16.9 Å². The monoisotopic (exact) mass is 288 g/mol. The Bertz CT molecular complexity index is 620. The summed E-state index contributed by atoms with van der Waals surface area (Å²) in [6.45, 7) is 1.62. The van der Waals surface area contributed by atoms with Crippen molar-refractivity contribution in [3.63, 3.8) is 0 Å². The van der Waals surface area contributed by atoms with Gasteiger partial charge in [-0.1, -0.05) is 41.9 Å². The average molecular weight is 289 g/mol. The molecule has 0 bridgehead atoms. The molecule has 0 aromatic heterocycles. The Kier molecular flexibility index (Phi) is 4.80. The lowest BCUT2D eigenvalue weighted by molar-refractivity contribution is -0.116. The van der Waals surface area contributed by atoms with E-state index in [9.17, 15) is 4.79 Å². The molecule has 20 heavy (non-hydrogen) atoms. The van der Waals surface area contributed by atoms with Gasteiger partial charge in [0.15, 0.2) is 0 Å². The molecule has 0 saturated heterocycles. The first kappa shape index (κ1) is 14.6.